The lowest BCUT2D eigenvalue weighted by Gasteiger charge is -2.14. The largest absolute Gasteiger partial charge is 0.544 e. The highest BCUT2D eigenvalue weighted by Gasteiger charge is 2.29. The molecule has 0 radical (unpaired) electrons. The molecule has 0 aliphatic carbocycles. The van der Waals surface area contributed by atoms with E-state index in [0.29, 0.717) is 0 Å². The Morgan fingerprint density at radius 3 is 2.22 bits per heavy atom. The fraction of sp³-hybridized carbons (Fsp3) is 0.750. The van der Waals surface area contributed by atoms with Gasteiger partial charge in [0.05, 0.1) is 0 Å². The van der Waals surface area contributed by atoms with Gasteiger partial charge in [0.25, 0.3) is 5.92 Å². The van der Waals surface area contributed by atoms with E-state index in [1.165, 1.54) is 0 Å². The van der Waals surface area contributed by atoms with Gasteiger partial charge in [-0.15, -0.1) is 0 Å². The second-order valence-corrected chi connectivity index (χ2v) is 1.47. The molecule has 0 aromatic rings. The third-order valence-corrected chi connectivity index (χ3v) is 0.724. The van der Waals surface area contributed by atoms with Crippen LogP contribution in [0.5, 0.6) is 0 Å². The summed E-state index contributed by atoms with van der Waals surface area (Å²) in [4.78, 5) is 9.44. The molecule has 0 aromatic carbocycles. The van der Waals surface area contributed by atoms with Crippen molar-refractivity contribution in [1.29, 1.82) is 0 Å². The first-order valence-corrected chi connectivity index (χ1v) is 2.21. The molecule has 0 amide bonds. The summed E-state index contributed by atoms with van der Waals surface area (Å²) in [6, 6.07) is 0. The van der Waals surface area contributed by atoms with Crippen LogP contribution in [0.1, 0.15) is 6.42 Å². The molecule has 54 valence electrons. The van der Waals surface area contributed by atoms with Gasteiger partial charge in [-0.1, -0.05) is 0 Å². The molecule has 0 spiro atoms. The first-order valence-electron chi connectivity index (χ1n) is 2.21. The number of hydrogen-bond acceptors (Lipinski definition) is 3. The predicted octanol–water partition coefficient (Wildman–Crippen LogP) is -1.25. The molecular weight excluding hydrogens is 134 g/mol. The van der Waals surface area contributed by atoms with Gasteiger partial charge in [0.2, 0.25) is 0 Å². The number of carbonyl (C=O) groups excluding carboxylic acids is 1. The van der Waals surface area contributed by atoms with Crippen molar-refractivity contribution in [1.82, 2.24) is 0 Å². The van der Waals surface area contributed by atoms with Crippen molar-refractivity contribution < 1.29 is 23.8 Å². The zero-order chi connectivity index (χ0) is 7.49. The minimum atomic E-state index is -3.89. The van der Waals surface area contributed by atoms with E-state index in [1.54, 1.807) is 0 Å². The van der Waals surface area contributed by atoms with Gasteiger partial charge in [-0.05, 0) is 0 Å². The highest BCUT2D eigenvalue weighted by molar-refractivity contribution is 5.72. The van der Waals surface area contributed by atoms with Crippen molar-refractivity contribution in [3.05, 3.63) is 0 Å². The van der Waals surface area contributed by atoms with Gasteiger partial charge in [0, 0.05) is 13.0 Å². The van der Waals surface area contributed by atoms with Crippen LogP contribution < -0.4 is 5.11 Å². The quantitative estimate of drug-likeness (QED) is 0.531. The van der Waals surface area contributed by atoms with Crippen molar-refractivity contribution in [2.75, 3.05) is 6.61 Å². The number of carboxylic acids is 1. The summed E-state index contributed by atoms with van der Waals surface area (Å²) in [6.45, 7) is -0.860. The van der Waals surface area contributed by atoms with E-state index >= 15 is 0 Å². The van der Waals surface area contributed by atoms with E-state index in [1.807, 2.05) is 0 Å². The van der Waals surface area contributed by atoms with Crippen LogP contribution in [-0.4, -0.2) is 23.6 Å². The lowest BCUT2D eigenvalue weighted by Crippen LogP contribution is -2.41. The molecule has 0 aliphatic heterocycles. The molecule has 0 aliphatic rings. The lowest BCUT2D eigenvalue weighted by molar-refractivity contribution is -0.330. The van der Waals surface area contributed by atoms with E-state index < -0.39 is 24.9 Å². The molecule has 0 fully saturated rings. The number of carbonyl (C=O) groups is 1. The molecule has 9 heavy (non-hydrogen) atoms. The average molecular weight is 139 g/mol. The van der Waals surface area contributed by atoms with Crippen molar-refractivity contribution in [3.63, 3.8) is 0 Å². The van der Waals surface area contributed by atoms with Gasteiger partial charge in [0.15, 0.2) is 0 Å². The van der Waals surface area contributed by atoms with E-state index in [0.717, 1.165) is 0 Å². The summed E-state index contributed by atoms with van der Waals surface area (Å²) < 4.78 is 23.4. The van der Waals surface area contributed by atoms with Crippen LogP contribution >= 0.6 is 0 Å². The van der Waals surface area contributed by atoms with Crippen molar-refractivity contribution in [3.8, 4) is 0 Å². The molecule has 0 heterocycles. The summed E-state index contributed by atoms with van der Waals surface area (Å²) in [5, 5.41) is 17.3. The fourth-order valence-corrected chi connectivity index (χ4v) is 0.242. The predicted molar refractivity (Wildman–Crippen MR) is 21.7 cm³/mol. The van der Waals surface area contributed by atoms with E-state index in [2.05, 4.69) is 0 Å². The Morgan fingerprint density at radius 2 is 2.11 bits per heavy atom. The van der Waals surface area contributed by atoms with Crippen LogP contribution in [0.15, 0.2) is 0 Å². The number of aliphatic hydroxyl groups excluding tert-OH is 1. The number of aliphatic carboxylic acids is 1. The molecule has 5 heteroatoms. The molecular formula is C4H5F2O3-. The summed E-state index contributed by atoms with van der Waals surface area (Å²) in [6.07, 6.45) is -1.09. The van der Waals surface area contributed by atoms with E-state index in [4.69, 9.17) is 5.11 Å². The smallest absolute Gasteiger partial charge is 0.289 e. The van der Waals surface area contributed by atoms with Crippen LogP contribution in [0.2, 0.25) is 0 Å². The van der Waals surface area contributed by atoms with Crippen LogP contribution in [0.3, 0.4) is 0 Å². The standard InChI is InChI=1S/C4H6F2O3/c5-4(6,1-2-7)3(8)9/h7H,1-2H2,(H,8,9)/p-1. The summed E-state index contributed by atoms with van der Waals surface area (Å²) >= 11 is 0. The first kappa shape index (κ1) is 8.29. The molecule has 0 rings (SSSR count). The van der Waals surface area contributed by atoms with Gasteiger partial charge >= 0.3 is 0 Å². The molecule has 3 nitrogen and oxygen atoms in total. The van der Waals surface area contributed by atoms with E-state index in [9.17, 15) is 18.7 Å². The Kier molecular flexibility index (Phi) is 2.51. The van der Waals surface area contributed by atoms with Gasteiger partial charge in [-0.25, -0.2) is 0 Å². The summed E-state index contributed by atoms with van der Waals surface area (Å²) in [5.41, 5.74) is 0. The first-order chi connectivity index (χ1) is 4.00. The fourth-order valence-electron chi connectivity index (χ4n) is 0.242. The summed E-state index contributed by atoms with van der Waals surface area (Å²) in [7, 11) is 0. The maximum atomic E-state index is 11.7. The zero-order valence-corrected chi connectivity index (χ0v) is 4.43. The number of alkyl halides is 2. The second-order valence-electron chi connectivity index (χ2n) is 1.47. The Hall–Kier alpha value is -0.710. The van der Waals surface area contributed by atoms with Crippen molar-refractivity contribution >= 4 is 5.97 Å². The minimum absolute atomic E-state index is 0.860. The molecule has 0 bridgehead atoms. The van der Waals surface area contributed by atoms with Crippen LogP contribution in [0.4, 0.5) is 8.78 Å². The lowest BCUT2D eigenvalue weighted by atomic mass is 10.2. The number of carboxylic acid groups (broad SMARTS) is 1. The minimum Gasteiger partial charge on any atom is -0.544 e. The van der Waals surface area contributed by atoms with Crippen molar-refractivity contribution in [2.24, 2.45) is 0 Å². The number of aliphatic hydroxyl groups is 1. The Labute approximate surface area is 49.9 Å². The van der Waals surface area contributed by atoms with E-state index in [-0.39, 0.29) is 0 Å². The van der Waals surface area contributed by atoms with Crippen molar-refractivity contribution in [2.45, 2.75) is 12.3 Å². The molecule has 0 aromatic heterocycles. The second kappa shape index (κ2) is 2.72. The molecule has 0 unspecified atom stereocenters. The van der Waals surface area contributed by atoms with Crippen LogP contribution in [-0.2, 0) is 4.79 Å². The maximum Gasteiger partial charge on any atom is 0.289 e. The van der Waals surface area contributed by atoms with Crippen LogP contribution in [0, 0.1) is 0 Å². The zero-order valence-electron chi connectivity index (χ0n) is 4.43. The van der Waals surface area contributed by atoms with Gasteiger partial charge in [0.1, 0.15) is 5.97 Å². The topological polar surface area (TPSA) is 60.4 Å². The van der Waals surface area contributed by atoms with Gasteiger partial charge in [-0.3, -0.25) is 0 Å². The Balaban J connectivity index is 3.85. The normalized spacial score (nSPS) is 11.4. The van der Waals surface area contributed by atoms with Gasteiger partial charge < -0.3 is 15.0 Å². The Morgan fingerprint density at radius 1 is 1.67 bits per heavy atom. The number of hydrogen-bond donors (Lipinski definition) is 1. The molecule has 1 N–H and O–H groups in total. The highest BCUT2D eigenvalue weighted by Crippen LogP contribution is 2.15. The maximum absolute atomic E-state index is 11.7. The highest BCUT2D eigenvalue weighted by atomic mass is 19.3. The van der Waals surface area contributed by atoms with Crippen LogP contribution in [0.25, 0.3) is 0 Å². The average Bonchev–Trinajstić information content (AvgIpc) is 1.65. The number of halogens is 2. The monoisotopic (exact) mass is 139 g/mol. The third kappa shape index (κ3) is 2.36. The van der Waals surface area contributed by atoms with Gasteiger partial charge in [-0.2, -0.15) is 8.78 Å². The molecule has 0 saturated heterocycles. The summed E-state index contributed by atoms with van der Waals surface area (Å²) in [5.74, 6) is -6.34. The Bertz CT molecular complexity index is 112. The third-order valence-electron chi connectivity index (χ3n) is 0.724. The number of rotatable bonds is 3. The molecule has 0 saturated carbocycles. The molecule has 0 atom stereocenters. The SMILES string of the molecule is O=C([O-])C(F)(F)CCO.